The number of esters is 1. The smallest absolute Gasteiger partial charge is 0.310 e. The molecule has 8 heteroatoms. The van der Waals surface area contributed by atoms with E-state index in [4.69, 9.17) is 21.4 Å². The largest absolute Gasteiger partial charge is 0.466 e. The molecule has 2 heterocycles. The zero-order valence-electron chi connectivity index (χ0n) is 14.0. The second-order valence-corrected chi connectivity index (χ2v) is 7.26. The molecular weight excluding hydrogens is 406 g/mol. The number of likely N-dealkylation sites (tertiary alicyclic amines) is 1. The van der Waals surface area contributed by atoms with E-state index in [1.807, 2.05) is 31.2 Å². The van der Waals surface area contributed by atoms with Crippen molar-refractivity contribution in [3.8, 4) is 11.5 Å². The lowest BCUT2D eigenvalue weighted by Crippen LogP contribution is -2.40. The molecule has 25 heavy (non-hydrogen) atoms. The second kappa shape index (κ2) is 8.25. The Morgan fingerprint density at radius 3 is 3.12 bits per heavy atom. The van der Waals surface area contributed by atoms with Crippen LogP contribution in [-0.2, 0) is 16.2 Å². The summed E-state index contributed by atoms with van der Waals surface area (Å²) in [6.07, 6.45) is 1.82. The molecule has 1 aliphatic heterocycles. The molecule has 3 rings (SSSR count). The van der Waals surface area contributed by atoms with Crippen molar-refractivity contribution in [3.05, 3.63) is 33.6 Å². The molecule has 1 unspecified atom stereocenters. The van der Waals surface area contributed by atoms with E-state index in [2.05, 4.69) is 25.9 Å². The SMILES string of the molecule is CCOC(=O)C1CCCN(Cn2nc(-c3cccc(Br)c3)oc2=S)C1. The maximum atomic E-state index is 12.0. The molecule has 0 N–H and O–H groups in total. The summed E-state index contributed by atoms with van der Waals surface area (Å²) in [7, 11) is 0. The summed E-state index contributed by atoms with van der Waals surface area (Å²) in [5.74, 6) is 0.287. The first-order valence-electron chi connectivity index (χ1n) is 8.29. The molecule has 1 atom stereocenters. The van der Waals surface area contributed by atoms with Gasteiger partial charge in [0.15, 0.2) is 0 Å². The highest BCUT2D eigenvalue weighted by atomic mass is 79.9. The van der Waals surface area contributed by atoms with Crippen molar-refractivity contribution in [1.82, 2.24) is 14.7 Å². The Morgan fingerprint density at radius 1 is 1.52 bits per heavy atom. The molecule has 134 valence electrons. The number of ether oxygens (including phenoxy) is 1. The molecule has 0 saturated carbocycles. The number of halogens is 1. The third kappa shape index (κ3) is 4.56. The quantitative estimate of drug-likeness (QED) is 0.535. The van der Waals surface area contributed by atoms with Crippen LogP contribution in [0, 0.1) is 10.8 Å². The Hall–Kier alpha value is -1.51. The first-order valence-corrected chi connectivity index (χ1v) is 9.50. The summed E-state index contributed by atoms with van der Waals surface area (Å²) < 4.78 is 13.4. The number of rotatable bonds is 5. The van der Waals surface area contributed by atoms with Crippen LogP contribution >= 0.6 is 28.1 Å². The topological polar surface area (TPSA) is 60.5 Å². The van der Waals surface area contributed by atoms with Gasteiger partial charge in [-0.1, -0.05) is 22.0 Å². The zero-order chi connectivity index (χ0) is 17.8. The van der Waals surface area contributed by atoms with Gasteiger partial charge in [0.25, 0.3) is 4.84 Å². The molecular formula is C17H20BrN3O3S. The molecule has 0 bridgehead atoms. The van der Waals surface area contributed by atoms with E-state index in [1.165, 1.54) is 0 Å². The van der Waals surface area contributed by atoms with Crippen molar-refractivity contribution >= 4 is 34.1 Å². The van der Waals surface area contributed by atoms with E-state index in [1.54, 1.807) is 4.68 Å². The van der Waals surface area contributed by atoms with Crippen LogP contribution in [0.3, 0.4) is 0 Å². The Bertz CT molecular complexity index is 804. The number of hydrogen-bond donors (Lipinski definition) is 0. The third-order valence-corrected chi connectivity index (χ3v) is 4.92. The Kier molecular flexibility index (Phi) is 6.03. The molecule has 0 radical (unpaired) electrons. The number of carbonyl (C=O) groups excluding carboxylic acids is 1. The van der Waals surface area contributed by atoms with Crippen LogP contribution in [0.25, 0.3) is 11.5 Å². The molecule has 0 amide bonds. The minimum Gasteiger partial charge on any atom is -0.466 e. The molecule has 0 aliphatic carbocycles. The summed E-state index contributed by atoms with van der Waals surface area (Å²) in [5.41, 5.74) is 0.863. The van der Waals surface area contributed by atoms with Gasteiger partial charge in [-0.2, -0.15) is 0 Å². The van der Waals surface area contributed by atoms with Crippen molar-refractivity contribution in [2.75, 3.05) is 19.7 Å². The fraction of sp³-hybridized carbons (Fsp3) is 0.471. The maximum Gasteiger partial charge on any atom is 0.310 e. The molecule has 1 aromatic carbocycles. The van der Waals surface area contributed by atoms with E-state index in [0.29, 0.717) is 30.5 Å². The van der Waals surface area contributed by atoms with Gasteiger partial charge in [0, 0.05) is 16.6 Å². The van der Waals surface area contributed by atoms with Crippen molar-refractivity contribution in [2.45, 2.75) is 26.4 Å². The molecule has 1 aliphatic rings. The van der Waals surface area contributed by atoms with E-state index >= 15 is 0 Å². The van der Waals surface area contributed by atoms with Gasteiger partial charge in [-0.05, 0) is 56.7 Å². The monoisotopic (exact) mass is 425 g/mol. The Labute approximate surface area is 159 Å². The zero-order valence-corrected chi connectivity index (χ0v) is 16.4. The lowest BCUT2D eigenvalue weighted by molar-refractivity contribution is -0.150. The maximum absolute atomic E-state index is 12.0. The first kappa shape index (κ1) is 18.3. The summed E-state index contributed by atoms with van der Waals surface area (Å²) in [5, 5.41) is 4.49. The van der Waals surface area contributed by atoms with Crippen LogP contribution in [-0.4, -0.2) is 40.3 Å². The molecule has 1 fully saturated rings. The predicted molar refractivity (Wildman–Crippen MR) is 99.4 cm³/mol. The number of nitrogens with zero attached hydrogens (tertiary/aromatic N) is 3. The molecule has 6 nitrogen and oxygen atoms in total. The van der Waals surface area contributed by atoms with Gasteiger partial charge in [-0.25, -0.2) is 4.68 Å². The van der Waals surface area contributed by atoms with Gasteiger partial charge in [0.1, 0.15) is 0 Å². The summed E-state index contributed by atoms with van der Waals surface area (Å²) in [6, 6.07) is 7.72. The highest BCUT2D eigenvalue weighted by molar-refractivity contribution is 9.10. The van der Waals surface area contributed by atoms with Gasteiger partial charge in [0.05, 0.1) is 19.2 Å². The summed E-state index contributed by atoms with van der Waals surface area (Å²) in [6.45, 7) is 4.30. The summed E-state index contributed by atoms with van der Waals surface area (Å²) in [4.78, 5) is 14.5. The Balaban J connectivity index is 1.71. The van der Waals surface area contributed by atoms with Crippen LogP contribution in [0.15, 0.2) is 33.2 Å². The minimum atomic E-state index is -0.120. The van der Waals surface area contributed by atoms with E-state index in [-0.39, 0.29) is 11.9 Å². The lowest BCUT2D eigenvalue weighted by Gasteiger charge is -2.30. The van der Waals surface area contributed by atoms with Gasteiger partial charge in [0.2, 0.25) is 5.89 Å². The normalized spacial score (nSPS) is 18.2. The van der Waals surface area contributed by atoms with E-state index in [0.717, 1.165) is 29.4 Å². The van der Waals surface area contributed by atoms with Gasteiger partial charge < -0.3 is 9.15 Å². The highest BCUT2D eigenvalue weighted by Crippen LogP contribution is 2.23. The number of carbonyl (C=O) groups is 1. The van der Waals surface area contributed by atoms with E-state index < -0.39 is 0 Å². The number of benzene rings is 1. The minimum absolute atomic E-state index is 0.0840. The van der Waals surface area contributed by atoms with Gasteiger partial charge in [-0.3, -0.25) is 9.69 Å². The van der Waals surface area contributed by atoms with Crippen molar-refractivity contribution in [3.63, 3.8) is 0 Å². The Morgan fingerprint density at radius 2 is 2.36 bits per heavy atom. The van der Waals surface area contributed by atoms with Crippen LogP contribution in [0.5, 0.6) is 0 Å². The number of piperidine rings is 1. The molecule has 1 saturated heterocycles. The van der Waals surface area contributed by atoms with Crippen molar-refractivity contribution in [1.29, 1.82) is 0 Å². The summed E-state index contributed by atoms with van der Waals surface area (Å²) >= 11 is 8.74. The number of hydrogen-bond acceptors (Lipinski definition) is 6. The van der Waals surface area contributed by atoms with Crippen molar-refractivity contribution < 1.29 is 13.9 Å². The van der Waals surface area contributed by atoms with Gasteiger partial charge >= 0.3 is 5.97 Å². The fourth-order valence-corrected chi connectivity index (χ4v) is 3.54. The fourth-order valence-electron chi connectivity index (χ4n) is 2.96. The first-order chi connectivity index (χ1) is 12.1. The predicted octanol–water partition coefficient (Wildman–Crippen LogP) is 3.87. The lowest BCUT2D eigenvalue weighted by atomic mass is 9.99. The number of aromatic nitrogens is 2. The van der Waals surface area contributed by atoms with Crippen molar-refractivity contribution in [2.24, 2.45) is 5.92 Å². The highest BCUT2D eigenvalue weighted by Gasteiger charge is 2.27. The molecule has 1 aromatic heterocycles. The van der Waals surface area contributed by atoms with Crippen LogP contribution < -0.4 is 0 Å². The molecule has 0 spiro atoms. The standard InChI is InChI=1S/C17H20BrN3O3S/c1-2-23-16(22)13-6-4-8-20(10-13)11-21-17(25)24-15(19-21)12-5-3-7-14(18)9-12/h3,5,7,9,13H,2,4,6,8,10-11H2,1H3. The van der Waals surface area contributed by atoms with E-state index in [9.17, 15) is 4.79 Å². The molecule has 2 aromatic rings. The average molecular weight is 426 g/mol. The van der Waals surface area contributed by atoms with Crippen LogP contribution in [0.2, 0.25) is 0 Å². The third-order valence-electron chi connectivity index (χ3n) is 4.14. The average Bonchev–Trinajstić information content (AvgIpc) is 2.96. The second-order valence-electron chi connectivity index (χ2n) is 5.99. The van der Waals surface area contributed by atoms with Crippen LogP contribution in [0.4, 0.5) is 0 Å². The van der Waals surface area contributed by atoms with Crippen LogP contribution in [0.1, 0.15) is 19.8 Å². The van der Waals surface area contributed by atoms with Gasteiger partial charge in [-0.15, -0.1) is 5.10 Å².